The van der Waals surface area contributed by atoms with E-state index >= 15 is 0 Å². The van der Waals surface area contributed by atoms with Crippen LogP contribution >= 0.6 is 0 Å². The summed E-state index contributed by atoms with van der Waals surface area (Å²) in [5.74, 6) is 0. The maximum atomic E-state index is 3.61. The number of hydrogen-bond acceptors (Lipinski definition) is 3. The predicted octanol–water partition coefficient (Wildman–Crippen LogP) is 1.54. The van der Waals surface area contributed by atoms with E-state index in [0.717, 1.165) is 18.1 Å². The highest BCUT2D eigenvalue weighted by Gasteiger charge is 2.25. The first-order valence-corrected chi connectivity index (χ1v) is 7.34. The van der Waals surface area contributed by atoms with Crippen molar-refractivity contribution in [3.63, 3.8) is 0 Å². The summed E-state index contributed by atoms with van der Waals surface area (Å²) in [5, 5.41) is 3.61. The van der Waals surface area contributed by atoms with Gasteiger partial charge in [0.1, 0.15) is 0 Å². The number of piperazine rings is 1. The Hall–Kier alpha value is -0.120. The smallest absolute Gasteiger partial charge is 0.0198 e. The van der Waals surface area contributed by atoms with Gasteiger partial charge in [0.25, 0.3) is 0 Å². The third-order valence-electron chi connectivity index (χ3n) is 4.26. The molecule has 0 aromatic carbocycles. The lowest BCUT2D eigenvalue weighted by Crippen LogP contribution is -2.53. The second kappa shape index (κ2) is 6.17. The topological polar surface area (TPSA) is 18.5 Å². The molecule has 0 radical (unpaired) electrons. The predicted molar refractivity (Wildman–Crippen MR) is 73.4 cm³/mol. The molecule has 1 N–H and O–H groups in total. The third kappa shape index (κ3) is 4.23. The van der Waals surface area contributed by atoms with Gasteiger partial charge >= 0.3 is 0 Å². The number of hydrogen-bond donors (Lipinski definition) is 1. The zero-order valence-corrected chi connectivity index (χ0v) is 11.8. The molecule has 3 heteroatoms. The van der Waals surface area contributed by atoms with Gasteiger partial charge in [-0.05, 0) is 53.1 Å². The summed E-state index contributed by atoms with van der Waals surface area (Å²) < 4.78 is 0. The highest BCUT2D eigenvalue weighted by Crippen LogP contribution is 2.19. The van der Waals surface area contributed by atoms with E-state index in [1.54, 1.807) is 0 Å². The maximum absolute atomic E-state index is 3.61. The molecule has 3 nitrogen and oxygen atoms in total. The summed E-state index contributed by atoms with van der Waals surface area (Å²) >= 11 is 0. The van der Waals surface area contributed by atoms with Crippen LogP contribution in [0.3, 0.4) is 0 Å². The second-order valence-corrected chi connectivity index (χ2v) is 6.07. The molecule has 1 aliphatic carbocycles. The maximum Gasteiger partial charge on any atom is 0.0198 e. The summed E-state index contributed by atoms with van der Waals surface area (Å²) in [6, 6.07) is 2.34. The fourth-order valence-corrected chi connectivity index (χ4v) is 2.97. The Kier molecular flexibility index (Phi) is 4.83. The summed E-state index contributed by atoms with van der Waals surface area (Å²) in [5.41, 5.74) is 0. The van der Waals surface area contributed by atoms with Crippen LogP contribution in [-0.2, 0) is 0 Å². The zero-order chi connectivity index (χ0) is 12.3. The highest BCUT2D eigenvalue weighted by atomic mass is 15.3. The molecule has 2 rings (SSSR count). The van der Waals surface area contributed by atoms with Crippen LogP contribution in [0.1, 0.15) is 39.5 Å². The van der Waals surface area contributed by atoms with Crippen molar-refractivity contribution in [1.82, 2.24) is 15.1 Å². The molecular formula is C14H29N3. The van der Waals surface area contributed by atoms with Crippen molar-refractivity contribution < 1.29 is 0 Å². The molecule has 17 heavy (non-hydrogen) atoms. The van der Waals surface area contributed by atoms with Crippen LogP contribution in [0.2, 0.25) is 0 Å². The van der Waals surface area contributed by atoms with Crippen molar-refractivity contribution in [3.8, 4) is 0 Å². The minimum atomic E-state index is 0.722. The van der Waals surface area contributed by atoms with Gasteiger partial charge in [-0.1, -0.05) is 0 Å². The van der Waals surface area contributed by atoms with E-state index in [1.807, 2.05) is 0 Å². The molecule has 0 aromatic heterocycles. The van der Waals surface area contributed by atoms with Crippen molar-refractivity contribution in [1.29, 1.82) is 0 Å². The average Bonchev–Trinajstić information content (AvgIpc) is 3.08. The van der Waals surface area contributed by atoms with Crippen LogP contribution < -0.4 is 5.32 Å². The van der Waals surface area contributed by atoms with E-state index in [2.05, 4.69) is 36.0 Å². The first-order valence-electron chi connectivity index (χ1n) is 7.34. The molecule has 1 aliphatic heterocycles. The minimum absolute atomic E-state index is 0.722. The van der Waals surface area contributed by atoms with Crippen molar-refractivity contribution in [3.05, 3.63) is 0 Å². The van der Waals surface area contributed by atoms with Gasteiger partial charge in [-0.2, -0.15) is 0 Å². The molecule has 0 bridgehead atoms. The van der Waals surface area contributed by atoms with Crippen LogP contribution in [-0.4, -0.2) is 61.2 Å². The fraction of sp³-hybridized carbons (Fsp3) is 1.00. The van der Waals surface area contributed by atoms with Crippen molar-refractivity contribution >= 4 is 0 Å². The fourth-order valence-electron chi connectivity index (χ4n) is 2.97. The molecular weight excluding hydrogens is 210 g/mol. The van der Waals surface area contributed by atoms with Crippen molar-refractivity contribution in [2.75, 3.05) is 33.2 Å². The molecule has 2 unspecified atom stereocenters. The van der Waals surface area contributed by atoms with Crippen molar-refractivity contribution in [2.45, 2.75) is 57.7 Å². The van der Waals surface area contributed by atoms with Crippen LogP contribution in [0.4, 0.5) is 0 Å². The summed E-state index contributed by atoms with van der Waals surface area (Å²) in [6.07, 6.45) is 5.49. The van der Waals surface area contributed by atoms with Gasteiger partial charge in [-0.25, -0.2) is 0 Å². The van der Waals surface area contributed by atoms with E-state index in [0.29, 0.717) is 0 Å². The van der Waals surface area contributed by atoms with Crippen LogP contribution in [0.5, 0.6) is 0 Å². The first kappa shape index (κ1) is 13.3. The van der Waals surface area contributed by atoms with Gasteiger partial charge in [-0.3, -0.25) is 4.90 Å². The molecule has 100 valence electrons. The number of nitrogens with one attached hydrogen (secondary N) is 1. The van der Waals surface area contributed by atoms with E-state index in [9.17, 15) is 0 Å². The molecule has 2 aliphatic rings. The molecule has 1 heterocycles. The van der Waals surface area contributed by atoms with Crippen LogP contribution in [0.25, 0.3) is 0 Å². The average molecular weight is 239 g/mol. The molecule has 0 aromatic rings. The van der Waals surface area contributed by atoms with E-state index in [1.165, 1.54) is 51.9 Å². The Balaban J connectivity index is 1.61. The summed E-state index contributed by atoms with van der Waals surface area (Å²) in [4.78, 5) is 5.14. The number of likely N-dealkylation sites (N-methyl/N-ethyl adjacent to an activating group) is 1. The number of nitrogens with zero attached hydrogens (tertiary/aromatic N) is 2. The molecule has 1 saturated carbocycles. The van der Waals surface area contributed by atoms with E-state index in [4.69, 9.17) is 0 Å². The third-order valence-corrected chi connectivity index (χ3v) is 4.26. The Labute approximate surface area is 107 Å². The Morgan fingerprint density at radius 1 is 1.29 bits per heavy atom. The molecule has 0 spiro atoms. The quantitative estimate of drug-likeness (QED) is 0.709. The molecule has 2 atom stereocenters. The van der Waals surface area contributed by atoms with Crippen molar-refractivity contribution in [2.24, 2.45) is 0 Å². The summed E-state index contributed by atoms with van der Waals surface area (Å²) in [7, 11) is 2.23. The Bertz CT molecular complexity index is 228. The van der Waals surface area contributed by atoms with Gasteiger partial charge in [0, 0.05) is 37.8 Å². The first-order chi connectivity index (χ1) is 8.16. The van der Waals surface area contributed by atoms with Crippen LogP contribution in [0, 0.1) is 0 Å². The summed E-state index contributed by atoms with van der Waals surface area (Å²) in [6.45, 7) is 9.69. The zero-order valence-electron chi connectivity index (χ0n) is 11.8. The Morgan fingerprint density at radius 3 is 2.71 bits per heavy atom. The Morgan fingerprint density at radius 2 is 2.06 bits per heavy atom. The second-order valence-electron chi connectivity index (χ2n) is 6.07. The highest BCUT2D eigenvalue weighted by molar-refractivity contribution is 4.83. The molecule has 1 saturated heterocycles. The van der Waals surface area contributed by atoms with Gasteiger partial charge in [-0.15, -0.1) is 0 Å². The van der Waals surface area contributed by atoms with E-state index < -0.39 is 0 Å². The SMILES string of the molecule is CC(CCCNC1CC1)N1CCN(C)CC1C. The van der Waals surface area contributed by atoms with E-state index in [-0.39, 0.29) is 0 Å². The standard InChI is InChI=1S/C14H29N3/c1-12(5-4-8-15-14-6-7-14)17-10-9-16(3)11-13(17)2/h12-15H,4-11H2,1-3H3. The molecule has 0 amide bonds. The lowest BCUT2D eigenvalue weighted by Gasteiger charge is -2.41. The monoisotopic (exact) mass is 239 g/mol. The van der Waals surface area contributed by atoms with Gasteiger partial charge in [0.15, 0.2) is 0 Å². The largest absolute Gasteiger partial charge is 0.314 e. The minimum Gasteiger partial charge on any atom is -0.314 e. The van der Waals surface area contributed by atoms with Gasteiger partial charge < -0.3 is 10.2 Å². The normalized spacial score (nSPS) is 29.5. The lowest BCUT2D eigenvalue weighted by atomic mass is 10.1. The van der Waals surface area contributed by atoms with Crippen LogP contribution in [0.15, 0.2) is 0 Å². The van der Waals surface area contributed by atoms with Gasteiger partial charge in [0.05, 0.1) is 0 Å². The molecule has 2 fully saturated rings. The van der Waals surface area contributed by atoms with Gasteiger partial charge in [0.2, 0.25) is 0 Å². The lowest BCUT2D eigenvalue weighted by molar-refractivity contribution is 0.0636. The number of rotatable bonds is 6.